The van der Waals surface area contributed by atoms with Gasteiger partial charge in [0.05, 0.1) is 12.2 Å². The summed E-state index contributed by atoms with van der Waals surface area (Å²) in [5.74, 6) is -0.162. The molecular weight excluding hydrogens is 503 g/mol. The highest BCUT2D eigenvalue weighted by Gasteiger charge is 2.14. The number of unbranched alkanes of at least 4 members (excludes halogenated alkanes) is 3. The number of aromatic nitrogens is 4. The normalized spacial score (nSPS) is 10.9. The molecule has 2 aromatic heterocycles. The third-order valence-electron chi connectivity index (χ3n) is 5.86. The number of thioether (sulfide) groups is 1. The van der Waals surface area contributed by atoms with Crippen LogP contribution in [0.3, 0.4) is 0 Å². The summed E-state index contributed by atoms with van der Waals surface area (Å²) in [6, 6.07) is 13.2. The van der Waals surface area contributed by atoms with Gasteiger partial charge in [0.1, 0.15) is 12.1 Å². The molecule has 2 aromatic carbocycles. The van der Waals surface area contributed by atoms with Gasteiger partial charge in [0.2, 0.25) is 0 Å². The number of carbonyl (C=O) groups excluding carboxylic acids is 1. The molecule has 0 N–H and O–H groups in total. The molecule has 0 unspecified atom stereocenters. The van der Waals surface area contributed by atoms with Crippen LogP contribution in [-0.4, -0.2) is 32.1 Å². The predicted molar refractivity (Wildman–Crippen MR) is 145 cm³/mol. The smallest absolute Gasteiger partial charge is 0.338 e. The summed E-state index contributed by atoms with van der Waals surface area (Å²) in [5, 5.41) is 0.485. The van der Waals surface area contributed by atoms with E-state index in [4.69, 9.17) is 4.74 Å². The molecule has 38 heavy (non-hydrogen) atoms. The van der Waals surface area contributed by atoms with Gasteiger partial charge in [0.25, 0.3) is 5.56 Å². The van der Waals surface area contributed by atoms with Crippen molar-refractivity contribution in [1.82, 2.24) is 19.5 Å². The third kappa shape index (κ3) is 7.58. The van der Waals surface area contributed by atoms with Crippen LogP contribution < -0.4 is 5.56 Å². The summed E-state index contributed by atoms with van der Waals surface area (Å²) in [6.07, 6.45) is 11.0. The molecule has 0 saturated heterocycles. The van der Waals surface area contributed by atoms with Crippen LogP contribution in [0.2, 0.25) is 0 Å². The minimum atomic E-state index is -0.359. The van der Waals surface area contributed by atoms with E-state index >= 15 is 0 Å². The monoisotopic (exact) mass is 532 g/mol. The van der Waals surface area contributed by atoms with Crippen LogP contribution in [0.4, 0.5) is 4.39 Å². The van der Waals surface area contributed by atoms with E-state index in [0.29, 0.717) is 35.1 Å². The molecule has 196 valence electrons. The van der Waals surface area contributed by atoms with Crippen LogP contribution >= 0.6 is 11.8 Å². The quantitative estimate of drug-likeness (QED) is 0.0989. The summed E-state index contributed by atoms with van der Waals surface area (Å²) in [5.41, 5.74) is 3.04. The molecule has 0 aliphatic carbocycles. The van der Waals surface area contributed by atoms with Crippen LogP contribution in [0.25, 0.3) is 5.69 Å². The highest BCUT2D eigenvalue weighted by atomic mass is 32.2. The minimum Gasteiger partial charge on any atom is -0.462 e. The van der Waals surface area contributed by atoms with Crippen molar-refractivity contribution in [1.29, 1.82) is 0 Å². The molecule has 0 aliphatic rings. The molecule has 0 atom stereocenters. The van der Waals surface area contributed by atoms with Crippen LogP contribution in [0.1, 0.15) is 59.7 Å². The van der Waals surface area contributed by atoms with Crippen LogP contribution in [-0.2, 0) is 16.9 Å². The number of hydrogen-bond acceptors (Lipinski definition) is 7. The standard InChI is InChI=1S/C29H29FN4O3S/c1-2-3-4-5-14-37-28(36)23-8-12-26(13-9-23)34-18-24(15-22-16-31-20-32-17-22)27(35)33-29(34)38-19-21-6-10-25(30)11-7-21/h6-13,16-18,20H,2-5,14-15,19H2,1H3. The van der Waals surface area contributed by atoms with E-state index in [-0.39, 0.29) is 17.3 Å². The lowest BCUT2D eigenvalue weighted by Gasteiger charge is -2.14. The zero-order chi connectivity index (χ0) is 26.7. The number of benzene rings is 2. The van der Waals surface area contributed by atoms with Gasteiger partial charge >= 0.3 is 5.97 Å². The summed E-state index contributed by atoms with van der Waals surface area (Å²) in [4.78, 5) is 37.8. The van der Waals surface area contributed by atoms with Crippen molar-refractivity contribution in [2.75, 3.05) is 6.61 Å². The van der Waals surface area contributed by atoms with Gasteiger partial charge in [-0.15, -0.1) is 0 Å². The van der Waals surface area contributed by atoms with Gasteiger partial charge in [-0.3, -0.25) is 9.36 Å². The van der Waals surface area contributed by atoms with Crippen molar-refractivity contribution in [3.63, 3.8) is 0 Å². The first-order chi connectivity index (χ1) is 18.5. The molecule has 9 heteroatoms. The van der Waals surface area contributed by atoms with Crippen LogP contribution in [0.15, 0.2) is 83.4 Å². The summed E-state index contributed by atoms with van der Waals surface area (Å²) in [6.45, 7) is 2.54. The van der Waals surface area contributed by atoms with Gasteiger partial charge in [0.15, 0.2) is 5.16 Å². The topological polar surface area (TPSA) is 87.0 Å². The summed E-state index contributed by atoms with van der Waals surface area (Å²) < 4.78 is 20.5. The van der Waals surface area contributed by atoms with Crippen molar-refractivity contribution in [3.8, 4) is 5.69 Å². The number of esters is 1. The Morgan fingerprint density at radius 1 is 0.974 bits per heavy atom. The van der Waals surface area contributed by atoms with Crippen molar-refractivity contribution in [2.45, 2.75) is 49.9 Å². The van der Waals surface area contributed by atoms with E-state index in [9.17, 15) is 14.0 Å². The number of ether oxygens (including phenoxy) is 1. The second-order valence-corrected chi connectivity index (χ2v) is 9.75. The number of halogens is 1. The Hall–Kier alpha value is -3.85. The molecule has 0 fully saturated rings. The molecule has 4 aromatic rings. The maximum atomic E-state index is 13.3. The first-order valence-corrected chi connectivity index (χ1v) is 13.5. The Morgan fingerprint density at radius 3 is 2.42 bits per heavy atom. The molecule has 2 heterocycles. The molecule has 7 nitrogen and oxygen atoms in total. The van der Waals surface area contributed by atoms with Crippen LogP contribution in [0.5, 0.6) is 0 Å². The lowest BCUT2D eigenvalue weighted by atomic mass is 10.1. The Labute approximate surface area is 225 Å². The number of hydrogen-bond donors (Lipinski definition) is 0. The lowest BCUT2D eigenvalue weighted by Crippen LogP contribution is -2.19. The molecular formula is C29H29FN4O3S. The maximum Gasteiger partial charge on any atom is 0.338 e. The van der Waals surface area contributed by atoms with Gasteiger partial charge in [-0.25, -0.2) is 19.2 Å². The van der Waals surface area contributed by atoms with Gasteiger partial charge < -0.3 is 4.74 Å². The van der Waals surface area contributed by atoms with E-state index in [1.165, 1.54) is 30.2 Å². The number of nitrogens with zero attached hydrogens (tertiary/aromatic N) is 4. The van der Waals surface area contributed by atoms with E-state index in [2.05, 4.69) is 21.9 Å². The first-order valence-electron chi connectivity index (χ1n) is 12.5. The summed E-state index contributed by atoms with van der Waals surface area (Å²) >= 11 is 1.37. The van der Waals surface area contributed by atoms with E-state index < -0.39 is 0 Å². The molecule has 0 radical (unpaired) electrons. The van der Waals surface area contributed by atoms with Crippen molar-refractivity contribution >= 4 is 17.7 Å². The third-order valence-corrected chi connectivity index (χ3v) is 6.89. The molecule has 0 bridgehead atoms. The molecule has 4 rings (SSSR count). The highest BCUT2D eigenvalue weighted by molar-refractivity contribution is 7.98. The van der Waals surface area contributed by atoms with E-state index in [1.54, 1.807) is 55.0 Å². The second kappa shape index (κ2) is 13.6. The summed E-state index contributed by atoms with van der Waals surface area (Å²) in [7, 11) is 0. The second-order valence-electron chi connectivity index (χ2n) is 8.81. The lowest BCUT2D eigenvalue weighted by molar-refractivity contribution is 0.0498. The van der Waals surface area contributed by atoms with Gasteiger partial charge in [-0.05, 0) is 53.9 Å². The van der Waals surface area contributed by atoms with Crippen molar-refractivity contribution < 1.29 is 13.9 Å². The first kappa shape index (κ1) is 27.2. The van der Waals surface area contributed by atoms with Gasteiger partial charge in [-0.2, -0.15) is 4.98 Å². The predicted octanol–water partition coefficient (Wildman–Crippen LogP) is 5.78. The van der Waals surface area contributed by atoms with Crippen molar-refractivity contribution in [2.24, 2.45) is 0 Å². The Kier molecular flexibility index (Phi) is 9.75. The molecule has 0 aliphatic heterocycles. The highest BCUT2D eigenvalue weighted by Crippen LogP contribution is 2.24. The van der Waals surface area contributed by atoms with E-state index in [0.717, 1.165) is 42.5 Å². The zero-order valence-corrected chi connectivity index (χ0v) is 22.0. The van der Waals surface area contributed by atoms with Crippen molar-refractivity contribution in [3.05, 3.63) is 112 Å². The molecule has 0 saturated carbocycles. The Balaban J connectivity index is 1.57. The molecule has 0 amide bonds. The fourth-order valence-corrected chi connectivity index (χ4v) is 4.72. The Bertz CT molecular complexity index is 1390. The minimum absolute atomic E-state index is 0.303. The molecule has 0 spiro atoms. The SMILES string of the molecule is CCCCCCOC(=O)c1ccc(-n2cc(Cc3cncnc3)c(=O)nc2SCc2ccc(F)cc2)cc1. The average Bonchev–Trinajstić information content (AvgIpc) is 2.94. The fraction of sp³-hybridized carbons (Fsp3) is 0.276. The number of carbonyl (C=O) groups is 1. The fourth-order valence-electron chi connectivity index (χ4n) is 3.79. The van der Waals surface area contributed by atoms with E-state index in [1.807, 2.05) is 4.57 Å². The maximum absolute atomic E-state index is 13.3. The van der Waals surface area contributed by atoms with Crippen LogP contribution in [0, 0.1) is 5.82 Å². The van der Waals surface area contributed by atoms with Gasteiger partial charge in [-0.1, -0.05) is 50.1 Å². The zero-order valence-electron chi connectivity index (χ0n) is 21.2. The Morgan fingerprint density at radius 2 is 1.71 bits per heavy atom. The average molecular weight is 533 g/mol. The number of rotatable bonds is 12. The van der Waals surface area contributed by atoms with Gasteiger partial charge in [0, 0.05) is 42.0 Å². The largest absolute Gasteiger partial charge is 0.462 e.